The van der Waals surface area contributed by atoms with Crippen LogP contribution in [0.2, 0.25) is 0 Å². The maximum atomic E-state index is 12.5. The highest BCUT2D eigenvalue weighted by Crippen LogP contribution is 2.25. The minimum Gasteiger partial charge on any atom is -0.491 e. The lowest BCUT2D eigenvalue weighted by Gasteiger charge is -2.11. The van der Waals surface area contributed by atoms with Crippen molar-refractivity contribution in [2.24, 2.45) is 5.84 Å². The molecule has 5 rings (SSSR count). The van der Waals surface area contributed by atoms with Crippen LogP contribution in [0, 0.1) is 0 Å². The van der Waals surface area contributed by atoms with Crippen molar-refractivity contribution in [1.82, 2.24) is 20.6 Å². The number of thioether (sulfide) groups is 1. The molecule has 54 heavy (non-hydrogen) atoms. The first-order valence-electron chi connectivity index (χ1n) is 16.7. The van der Waals surface area contributed by atoms with Crippen molar-refractivity contribution in [2.45, 2.75) is 28.4 Å². The summed E-state index contributed by atoms with van der Waals surface area (Å²) in [5.41, 5.74) is 5.48. The number of nitrogens with one attached hydrogen (secondary N) is 3. The Hall–Kier alpha value is -5.87. The first-order valence-corrected chi connectivity index (χ1v) is 19.1. The number of carbonyl (C=O) groups is 3. The Balaban J connectivity index is 0.000000460. The Labute approximate surface area is 318 Å². The number of carbonyl (C=O) groups excluding carboxylic acids is 3. The lowest BCUT2D eigenvalue weighted by Crippen LogP contribution is -2.29. The van der Waals surface area contributed by atoms with Gasteiger partial charge in [-0.05, 0) is 60.5 Å². The Morgan fingerprint density at radius 3 is 2.24 bits per heavy atom. The van der Waals surface area contributed by atoms with Gasteiger partial charge in [0.05, 0.1) is 17.9 Å². The fourth-order valence-corrected chi connectivity index (χ4v) is 6.16. The molecule has 15 heteroatoms. The predicted molar refractivity (Wildman–Crippen MR) is 209 cm³/mol. The SMILES string of the molecule is NNc1ccc(C(=O)NCCCNC(=O)C=Cc2nc(CSc3ccccc3)ccc2OCCc2ccccc2)cn1.O=Cc1ccccc1S(=O)(=O)O. The first-order chi connectivity index (χ1) is 26.2. The van der Waals surface area contributed by atoms with Crippen LogP contribution in [0.15, 0.2) is 131 Å². The summed E-state index contributed by atoms with van der Waals surface area (Å²) in [6.45, 7) is 1.30. The smallest absolute Gasteiger partial charge is 0.295 e. The van der Waals surface area contributed by atoms with Crippen molar-refractivity contribution in [3.05, 3.63) is 150 Å². The molecule has 0 aliphatic carbocycles. The van der Waals surface area contributed by atoms with E-state index >= 15 is 0 Å². The van der Waals surface area contributed by atoms with Crippen LogP contribution >= 0.6 is 11.8 Å². The molecule has 0 aliphatic heterocycles. The van der Waals surface area contributed by atoms with Crippen molar-refractivity contribution in [3.8, 4) is 5.75 Å². The minimum atomic E-state index is -4.28. The normalized spacial score (nSPS) is 10.9. The van der Waals surface area contributed by atoms with Gasteiger partial charge in [-0.25, -0.2) is 15.8 Å². The molecule has 0 unspecified atom stereocenters. The second kappa shape index (κ2) is 21.6. The number of benzene rings is 3. The molecule has 5 aromatic rings. The Bertz CT molecular complexity index is 2100. The average molecular weight is 769 g/mol. The number of aromatic nitrogens is 2. The molecule has 6 N–H and O–H groups in total. The quantitative estimate of drug-likeness (QED) is 0.0154. The molecule has 0 fully saturated rings. The van der Waals surface area contributed by atoms with Crippen molar-refractivity contribution < 1.29 is 32.1 Å². The second-order valence-corrected chi connectivity index (χ2v) is 13.8. The molecule has 280 valence electrons. The number of nitrogens with zero attached hydrogens (tertiary/aromatic N) is 2. The number of pyridine rings is 2. The van der Waals surface area contributed by atoms with Gasteiger partial charge in [0, 0.05) is 48.0 Å². The summed E-state index contributed by atoms with van der Waals surface area (Å²) >= 11 is 1.70. The summed E-state index contributed by atoms with van der Waals surface area (Å²) < 4.78 is 35.9. The summed E-state index contributed by atoms with van der Waals surface area (Å²) in [6.07, 6.45) is 6.29. The summed E-state index contributed by atoms with van der Waals surface area (Å²) in [4.78, 5) is 44.6. The van der Waals surface area contributed by atoms with Gasteiger partial charge in [0.1, 0.15) is 22.2 Å². The van der Waals surface area contributed by atoms with E-state index in [0.717, 1.165) is 17.0 Å². The summed E-state index contributed by atoms with van der Waals surface area (Å²) in [5, 5.41) is 5.65. The second-order valence-electron chi connectivity index (χ2n) is 11.3. The standard InChI is InChI=1S/C32H34N6O3S.C7H6O4S/c33-38-30-16-12-25(22-36-30)32(40)35-20-7-19-34-31(39)17-14-28-29(41-21-18-24-8-3-1-4-9-24)15-13-26(37-28)23-42-27-10-5-2-6-11-27;8-5-6-3-1-2-4-7(6)12(9,10)11/h1-6,8-17,22H,7,18-21,23,33H2,(H,34,39)(H,35,40)(H,36,38);1-5H,(H,9,10,11). The number of amides is 2. The van der Waals surface area contributed by atoms with E-state index in [1.807, 2.05) is 48.5 Å². The number of nitrogen functional groups attached to an aromatic ring is 1. The third-order valence-corrected chi connectivity index (χ3v) is 9.37. The van der Waals surface area contributed by atoms with E-state index in [2.05, 4.69) is 45.3 Å². The highest BCUT2D eigenvalue weighted by molar-refractivity contribution is 7.98. The van der Waals surface area contributed by atoms with E-state index in [1.54, 1.807) is 30.0 Å². The van der Waals surface area contributed by atoms with Gasteiger partial charge < -0.3 is 20.8 Å². The molecule has 0 aliphatic rings. The number of nitrogens with two attached hydrogens (primary N) is 1. The maximum absolute atomic E-state index is 12.5. The molecule has 0 bridgehead atoms. The average Bonchev–Trinajstić information content (AvgIpc) is 3.20. The fraction of sp³-hybridized carbons (Fsp3) is 0.154. The van der Waals surface area contributed by atoms with E-state index in [9.17, 15) is 22.8 Å². The van der Waals surface area contributed by atoms with Crippen LogP contribution in [-0.4, -0.2) is 60.7 Å². The molecule has 0 saturated carbocycles. The number of ether oxygens (including phenoxy) is 1. The van der Waals surface area contributed by atoms with Crippen LogP contribution in [0.1, 0.15) is 44.1 Å². The van der Waals surface area contributed by atoms with Crippen LogP contribution in [-0.2, 0) is 27.1 Å². The molecule has 3 aromatic carbocycles. The van der Waals surface area contributed by atoms with Gasteiger partial charge in [-0.2, -0.15) is 8.42 Å². The Kier molecular flexibility index (Phi) is 16.4. The van der Waals surface area contributed by atoms with E-state index in [4.69, 9.17) is 20.1 Å². The van der Waals surface area contributed by atoms with Gasteiger partial charge >= 0.3 is 0 Å². The molecular formula is C39H40N6O7S2. The zero-order valence-electron chi connectivity index (χ0n) is 29.1. The summed E-state index contributed by atoms with van der Waals surface area (Å²) in [7, 11) is -4.28. The lowest BCUT2D eigenvalue weighted by atomic mass is 10.2. The largest absolute Gasteiger partial charge is 0.491 e. The van der Waals surface area contributed by atoms with Crippen LogP contribution < -0.4 is 26.6 Å². The zero-order valence-corrected chi connectivity index (χ0v) is 30.8. The number of hydrazine groups is 1. The molecule has 13 nitrogen and oxygen atoms in total. The molecule has 0 saturated heterocycles. The number of rotatable bonds is 17. The maximum Gasteiger partial charge on any atom is 0.295 e. The van der Waals surface area contributed by atoms with Gasteiger partial charge in [-0.3, -0.25) is 18.9 Å². The van der Waals surface area contributed by atoms with Crippen molar-refractivity contribution in [1.29, 1.82) is 0 Å². The van der Waals surface area contributed by atoms with E-state index in [-0.39, 0.29) is 22.3 Å². The number of hydrogen-bond acceptors (Lipinski definition) is 11. The molecule has 0 atom stereocenters. The number of anilines is 1. The minimum absolute atomic E-state index is 0.0417. The van der Waals surface area contributed by atoms with E-state index in [1.165, 1.54) is 42.1 Å². The van der Waals surface area contributed by atoms with Gasteiger partial charge in [-0.15, -0.1) is 11.8 Å². The molecule has 0 radical (unpaired) electrons. The number of aldehydes is 1. The van der Waals surface area contributed by atoms with Gasteiger partial charge in [-0.1, -0.05) is 66.7 Å². The topological polar surface area (TPSA) is 203 Å². The first kappa shape index (κ1) is 40.9. The van der Waals surface area contributed by atoms with Crippen molar-refractivity contribution >= 4 is 51.9 Å². The molecular weight excluding hydrogens is 729 g/mol. The fourth-order valence-electron chi connectivity index (χ4n) is 4.67. The third-order valence-electron chi connectivity index (χ3n) is 7.39. The van der Waals surface area contributed by atoms with Crippen molar-refractivity contribution in [3.63, 3.8) is 0 Å². The molecule has 2 heterocycles. The van der Waals surface area contributed by atoms with Crippen LogP contribution in [0.25, 0.3) is 6.08 Å². The highest BCUT2D eigenvalue weighted by atomic mass is 32.2. The highest BCUT2D eigenvalue weighted by Gasteiger charge is 2.13. The lowest BCUT2D eigenvalue weighted by molar-refractivity contribution is -0.116. The zero-order chi connectivity index (χ0) is 38.6. The van der Waals surface area contributed by atoms with Crippen LogP contribution in [0.3, 0.4) is 0 Å². The Morgan fingerprint density at radius 1 is 0.870 bits per heavy atom. The molecule has 2 aromatic heterocycles. The molecule has 2 amide bonds. The Morgan fingerprint density at radius 2 is 1.57 bits per heavy atom. The van der Waals surface area contributed by atoms with E-state index < -0.39 is 10.1 Å². The van der Waals surface area contributed by atoms with Gasteiger partial charge in [0.15, 0.2) is 6.29 Å². The molecule has 0 spiro atoms. The monoisotopic (exact) mass is 768 g/mol. The van der Waals surface area contributed by atoms with Gasteiger partial charge in [0.25, 0.3) is 16.0 Å². The third kappa shape index (κ3) is 13.9. The summed E-state index contributed by atoms with van der Waals surface area (Å²) in [6, 6.07) is 32.8. The van der Waals surface area contributed by atoms with Gasteiger partial charge in [0.2, 0.25) is 5.91 Å². The van der Waals surface area contributed by atoms with Crippen molar-refractivity contribution in [2.75, 3.05) is 25.1 Å². The van der Waals surface area contributed by atoms with Crippen LogP contribution in [0.5, 0.6) is 5.75 Å². The predicted octanol–water partition coefficient (Wildman–Crippen LogP) is 5.37. The number of hydrogen-bond donors (Lipinski definition) is 5. The van der Waals surface area contributed by atoms with E-state index in [0.29, 0.717) is 61.0 Å². The summed E-state index contributed by atoms with van der Waals surface area (Å²) in [5.74, 6) is 6.58. The van der Waals surface area contributed by atoms with Crippen LogP contribution in [0.4, 0.5) is 5.82 Å².